The number of halogens is 2. The molecule has 1 aromatic heterocycles. The van der Waals surface area contributed by atoms with E-state index in [-0.39, 0.29) is 5.56 Å². The highest BCUT2D eigenvalue weighted by Gasteiger charge is 2.24. The van der Waals surface area contributed by atoms with Gasteiger partial charge >= 0.3 is 0 Å². The third-order valence-electron chi connectivity index (χ3n) is 3.97. The molecule has 1 amide bonds. The molecule has 0 spiro atoms. The second-order valence-electron chi connectivity index (χ2n) is 5.70. The number of rotatable bonds is 5. The first-order valence-electron chi connectivity index (χ1n) is 7.86. The average molecular weight is 357 g/mol. The predicted octanol–water partition coefficient (Wildman–Crippen LogP) is 3.23. The number of methoxy groups -OCH3 is 1. The largest absolute Gasteiger partial charge is 0.496 e. The summed E-state index contributed by atoms with van der Waals surface area (Å²) in [5.41, 5.74) is 0.561. The van der Waals surface area contributed by atoms with Crippen LogP contribution in [0.15, 0.2) is 54.9 Å². The molecule has 0 saturated heterocycles. The molecule has 1 heterocycles. The van der Waals surface area contributed by atoms with Gasteiger partial charge in [0.05, 0.1) is 7.11 Å². The summed E-state index contributed by atoms with van der Waals surface area (Å²) in [6, 6.07) is 9.19. The number of ether oxygens (including phenoxy) is 1. The third kappa shape index (κ3) is 3.56. The Kier molecular flexibility index (Phi) is 4.97. The van der Waals surface area contributed by atoms with E-state index in [0.717, 1.165) is 12.1 Å². The maximum absolute atomic E-state index is 13.4. The van der Waals surface area contributed by atoms with Gasteiger partial charge in [-0.3, -0.25) is 4.79 Å². The molecule has 0 radical (unpaired) electrons. The van der Waals surface area contributed by atoms with Crippen LogP contribution in [0.1, 0.15) is 27.8 Å². The number of amides is 1. The fraction of sp³-hybridized carbons (Fsp3) is 0.158. The third-order valence-corrected chi connectivity index (χ3v) is 3.97. The van der Waals surface area contributed by atoms with Crippen molar-refractivity contribution >= 4 is 5.91 Å². The second kappa shape index (κ2) is 7.35. The molecule has 134 valence electrons. The SMILES string of the molecule is COc1ccccc1C(NC(=O)c1cc(F)cc(F)c1)c1nccn1C. The molecular formula is C19H17F2N3O2. The van der Waals surface area contributed by atoms with Crippen molar-refractivity contribution in [2.24, 2.45) is 7.05 Å². The number of hydrogen-bond acceptors (Lipinski definition) is 3. The molecular weight excluding hydrogens is 340 g/mol. The second-order valence-corrected chi connectivity index (χ2v) is 5.70. The minimum absolute atomic E-state index is 0.114. The summed E-state index contributed by atoms with van der Waals surface area (Å²) < 4.78 is 34.0. The molecule has 1 atom stereocenters. The molecule has 3 rings (SSSR count). The lowest BCUT2D eigenvalue weighted by atomic mass is 10.0. The Labute approximate surface area is 149 Å². The number of hydrogen-bond donors (Lipinski definition) is 1. The van der Waals surface area contributed by atoms with Crippen molar-refractivity contribution < 1.29 is 18.3 Å². The Bertz CT molecular complexity index is 920. The summed E-state index contributed by atoms with van der Waals surface area (Å²) >= 11 is 0. The van der Waals surface area contributed by atoms with E-state index in [1.807, 2.05) is 12.1 Å². The minimum atomic E-state index is -0.819. The summed E-state index contributed by atoms with van der Waals surface area (Å²) in [6.07, 6.45) is 3.34. The molecule has 2 aromatic carbocycles. The smallest absolute Gasteiger partial charge is 0.252 e. The quantitative estimate of drug-likeness (QED) is 0.763. The molecule has 0 bridgehead atoms. The highest BCUT2D eigenvalue weighted by molar-refractivity contribution is 5.94. The van der Waals surface area contributed by atoms with Crippen molar-refractivity contribution in [3.8, 4) is 5.75 Å². The van der Waals surface area contributed by atoms with Crippen LogP contribution >= 0.6 is 0 Å². The van der Waals surface area contributed by atoms with E-state index < -0.39 is 23.6 Å². The maximum atomic E-state index is 13.4. The predicted molar refractivity (Wildman–Crippen MR) is 91.9 cm³/mol. The number of nitrogens with zero attached hydrogens (tertiary/aromatic N) is 2. The van der Waals surface area contributed by atoms with E-state index in [0.29, 0.717) is 23.2 Å². The molecule has 0 saturated carbocycles. The van der Waals surface area contributed by atoms with Crippen molar-refractivity contribution in [3.63, 3.8) is 0 Å². The highest BCUT2D eigenvalue weighted by Crippen LogP contribution is 2.29. The number of carbonyl (C=O) groups excluding carboxylic acids is 1. The van der Waals surface area contributed by atoms with Gasteiger partial charge in [-0.2, -0.15) is 0 Å². The van der Waals surface area contributed by atoms with Gasteiger partial charge < -0.3 is 14.6 Å². The van der Waals surface area contributed by atoms with E-state index in [9.17, 15) is 13.6 Å². The number of imidazole rings is 1. The molecule has 1 N–H and O–H groups in total. The van der Waals surface area contributed by atoms with Gasteiger partial charge in [-0.1, -0.05) is 18.2 Å². The molecule has 3 aromatic rings. The monoisotopic (exact) mass is 357 g/mol. The molecule has 0 fully saturated rings. The van der Waals surface area contributed by atoms with Crippen LogP contribution in [-0.4, -0.2) is 22.6 Å². The van der Waals surface area contributed by atoms with Crippen molar-refractivity contribution in [2.75, 3.05) is 7.11 Å². The zero-order valence-corrected chi connectivity index (χ0v) is 14.2. The molecule has 0 aliphatic carbocycles. The first-order valence-corrected chi connectivity index (χ1v) is 7.86. The molecule has 0 aliphatic rings. The number of benzene rings is 2. The van der Waals surface area contributed by atoms with Gasteiger partial charge in [-0.05, 0) is 18.2 Å². The number of carbonyl (C=O) groups is 1. The van der Waals surface area contributed by atoms with Crippen molar-refractivity contribution in [1.82, 2.24) is 14.9 Å². The Morgan fingerprint density at radius 2 is 1.88 bits per heavy atom. The van der Waals surface area contributed by atoms with Crippen LogP contribution in [-0.2, 0) is 7.05 Å². The van der Waals surface area contributed by atoms with Gasteiger partial charge in [0.15, 0.2) is 0 Å². The summed E-state index contributed by atoms with van der Waals surface area (Å²) in [7, 11) is 3.32. The van der Waals surface area contributed by atoms with Crippen LogP contribution in [0.5, 0.6) is 5.75 Å². The van der Waals surface area contributed by atoms with Crippen molar-refractivity contribution in [2.45, 2.75) is 6.04 Å². The average Bonchev–Trinajstić information content (AvgIpc) is 3.04. The van der Waals surface area contributed by atoms with Crippen LogP contribution in [0.2, 0.25) is 0 Å². The summed E-state index contributed by atoms with van der Waals surface area (Å²) in [4.78, 5) is 16.9. The van der Waals surface area contributed by atoms with Gasteiger partial charge in [0.2, 0.25) is 0 Å². The topological polar surface area (TPSA) is 56.1 Å². The zero-order valence-electron chi connectivity index (χ0n) is 14.2. The fourth-order valence-corrected chi connectivity index (χ4v) is 2.74. The van der Waals surface area contributed by atoms with Gasteiger partial charge in [0, 0.05) is 36.6 Å². The molecule has 26 heavy (non-hydrogen) atoms. The van der Waals surface area contributed by atoms with E-state index in [2.05, 4.69) is 10.3 Å². The summed E-state index contributed by atoms with van der Waals surface area (Å²) in [6.45, 7) is 0. The number of nitrogens with one attached hydrogen (secondary N) is 1. The first-order chi connectivity index (χ1) is 12.5. The molecule has 7 heteroatoms. The van der Waals surface area contributed by atoms with Crippen LogP contribution in [0.3, 0.4) is 0 Å². The Balaban J connectivity index is 2.02. The lowest BCUT2D eigenvalue weighted by Crippen LogP contribution is -2.31. The van der Waals surface area contributed by atoms with Crippen LogP contribution < -0.4 is 10.1 Å². The van der Waals surface area contributed by atoms with Crippen LogP contribution in [0.4, 0.5) is 8.78 Å². The Morgan fingerprint density at radius 3 is 2.50 bits per heavy atom. The van der Waals surface area contributed by atoms with Crippen LogP contribution in [0, 0.1) is 11.6 Å². The zero-order chi connectivity index (χ0) is 18.7. The molecule has 5 nitrogen and oxygen atoms in total. The maximum Gasteiger partial charge on any atom is 0.252 e. The summed E-state index contributed by atoms with van der Waals surface area (Å²) in [5.74, 6) is -1.14. The highest BCUT2D eigenvalue weighted by atomic mass is 19.1. The van der Waals surface area contributed by atoms with Gasteiger partial charge in [0.25, 0.3) is 5.91 Å². The first kappa shape index (κ1) is 17.6. The minimum Gasteiger partial charge on any atom is -0.496 e. The summed E-state index contributed by atoms with van der Waals surface area (Å²) in [5, 5.41) is 2.79. The molecule has 0 aliphatic heterocycles. The normalized spacial score (nSPS) is 11.8. The van der Waals surface area contributed by atoms with E-state index >= 15 is 0 Å². The standard InChI is InChI=1S/C19H17F2N3O2/c1-24-8-7-22-18(24)17(15-5-3-4-6-16(15)26-2)23-19(25)12-9-13(20)11-14(21)10-12/h3-11,17H,1-2H3,(H,23,25). The number of aromatic nitrogens is 2. The number of para-hydroxylation sites is 1. The van der Waals surface area contributed by atoms with Crippen molar-refractivity contribution in [1.29, 1.82) is 0 Å². The van der Waals surface area contributed by atoms with Crippen molar-refractivity contribution in [3.05, 3.63) is 83.4 Å². The van der Waals surface area contributed by atoms with E-state index in [1.165, 1.54) is 7.11 Å². The molecule has 1 unspecified atom stereocenters. The van der Waals surface area contributed by atoms with E-state index in [4.69, 9.17) is 4.74 Å². The van der Waals surface area contributed by atoms with Crippen LogP contribution in [0.25, 0.3) is 0 Å². The number of aryl methyl sites for hydroxylation is 1. The van der Waals surface area contributed by atoms with Gasteiger partial charge in [0.1, 0.15) is 29.3 Å². The Hall–Kier alpha value is -3.22. The lowest BCUT2D eigenvalue weighted by Gasteiger charge is -2.21. The Morgan fingerprint density at radius 1 is 1.19 bits per heavy atom. The van der Waals surface area contributed by atoms with Gasteiger partial charge in [-0.25, -0.2) is 13.8 Å². The fourth-order valence-electron chi connectivity index (χ4n) is 2.74. The lowest BCUT2D eigenvalue weighted by molar-refractivity contribution is 0.0940. The van der Waals surface area contributed by atoms with E-state index in [1.54, 1.807) is 36.1 Å². The van der Waals surface area contributed by atoms with Gasteiger partial charge in [-0.15, -0.1) is 0 Å².